The molecule has 0 saturated heterocycles. The van der Waals surface area contributed by atoms with E-state index in [1.54, 1.807) is 11.3 Å². The van der Waals surface area contributed by atoms with Gasteiger partial charge in [0.25, 0.3) is 0 Å². The minimum Gasteiger partial charge on any atom is -0.310 e. The average molecular weight is 256 g/mol. The van der Waals surface area contributed by atoms with Crippen LogP contribution in [0.25, 0.3) is 0 Å². The Morgan fingerprint density at radius 3 is 3.06 bits per heavy atom. The van der Waals surface area contributed by atoms with Crippen LogP contribution in [0.2, 0.25) is 5.02 Å². The molecule has 2 aromatic rings. The van der Waals surface area contributed by atoms with Crippen LogP contribution in [0.1, 0.15) is 10.6 Å². The topological polar surface area (TPSA) is 29.9 Å². The van der Waals surface area contributed by atoms with E-state index in [2.05, 4.69) is 27.9 Å². The molecule has 0 aliphatic heterocycles. The smallest absolute Gasteiger partial charge is 0.0814 e. The summed E-state index contributed by atoms with van der Waals surface area (Å²) in [5, 5.41) is 10.5. The van der Waals surface area contributed by atoms with Gasteiger partial charge in [-0.1, -0.05) is 17.7 Å². The van der Waals surface area contributed by atoms with Crippen LogP contribution in [-0.2, 0) is 13.1 Å². The fraction of sp³-hybridized carbons (Fsp3) is 0.364. The molecule has 86 valence electrons. The molecule has 0 saturated carbocycles. The van der Waals surface area contributed by atoms with E-state index in [4.69, 9.17) is 11.6 Å². The van der Waals surface area contributed by atoms with Crippen molar-refractivity contribution in [2.45, 2.75) is 20.0 Å². The number of hydrogen-bond donors (Lipinski definition) is 1. The Balaban J connectivity index is 1.72. The third-order valence-corrected chi connectivity index (χ3v) is 3.53. The summed E-state index contributed by atoms with van der Waals surface area (Å²) in [5.41, 5.74) is 0.889. The fourth-order valence-corrected chi connectivity index (χ4v) is 2.25. The zero-order chi connectivity index (χ0) is 11.4. The van der Waals surface area contributed by atoms with Crippen LogP contribution < -0.4 is 5.32 Å². The Kier molecular flexibility index (Phi) is 3.98. The highest BCUT2D eigenvalue weighted by Crippen LogP contribution is 2.11. The number of thiophene rings is 1. The number of hydrogen-bond acceptors (Lipinski definition) is 3. The van der Waals surface area contributed by atoms with E-state index >= 15 is 0 Å². The van der Waals surface area contributed by atoms with E-state index in [9.17, 15) is 0 Å². The van der Waals surface area contributed by atoms with Gasteiger partial charge in [0.1, 0.15) is 0 Å². The summed E-state index contributed by atoms with van der Waals surface area (Å²) >= 11 is 7.69. The van der Waals surface area contributed by atoms with Gasteiger partial charge >= 0.3 is 0 Å². The van der Waals surface area contributed by atoms with E-state index in [0.717, 1.165) is 30.4 Å². The number of nitrogens with zero attached hydrogens (tertiary/aromatic N) is 2. The van der Waals surface area contributed by atoms with Gasteiger partial charge in [-0.3, -0.25) is 4.68 Å². The Morgan fingerprint density at radius 1 is 1.56 bits per heavy atom. The van der Waals surface area contributed by atoms with Gasteiger partial charge in [-0.05, 0) is 18.4 Å². The van der Waals surface area contributed by atoms with Gasteiger partial charge in [0.15, 0.2) is 0 Å². The molecule has 3 nitrogen and oxygen atoms in total. The summed E-state index contributed by atoms with van der Waals surface area (Å²) < 4.78 is 1.87. The van der Waals surface area contributed by atoms with Crippen LogP contribution in [0.5, 0.6) is 0 Å². The third-order valence-electron chi connectivity index (χ3n) is 2.28. The van der Waals surface area contributed by atoms with Crippen LogP contribution in [0.15, 0.2) is 23.7 Å². The molecular weight excluding hydrogens is 242 g/mol. The number of rotatable bonds is 5. The molecule has 0 fully saturated rings. The molecule has 2 rings (SSSR count). The highest BCUT2D eigenvalue weighted by Gasteiger charge is 2.00. The average Bonchev–Trinajstić information content (AvgIpc) is 2.85. The van der Waals surface area contributed by atoms with Gasteiger partial charge in [-0.25, -0.2) is 0 Å². The largest absolute Gasteiger partial charge is 0.310 e. The van der Waals surface area contributed by atoms with Crippen LogP contribution >= 0.6 is 22.9 Å². The minimum atomic E-state index is 0.734. The van der Waals surface area contributed by atoms with Crippen LogP contribution in [0, 0.1) is 6.92 Å². The van der Waals surface area contributed by atoms with E-state index in [1.807, 2.05) is 17.8 Å². The van der Waals surface area contributed by atoms with Crippen molar-refractivity contribution < 1.29 is 0 Å². The lowest BCUT2D eigenvalue weighted by molar-refractivity contribution is 0.554. The Hall–Kier alpha value is -0.840. The molecule has 0 aliphatic rings. The van der Waals surface area contributed by atoms with Crippen molar-refractivity contribution in [2.75, 3.05) is 6.54 Å². The zero-order valence-corrected chi connectivity index (χ0v) is 10.7. The van der Waals surface area contributed by atoms with Crippen molar-refractivity contribution in [2.24, 2.45) is 0 Å². The van der Waals surface area contributed by atoms with Gasteiger partial charge in [-0.2, -0.15) is 5.10 Å². The summed E-state index contributed by atoms with van der Waals surface area (Å²) in [6, 6.07) is 4.20. The number of halogens is 1. The van der Waals surface area contributed by atoms with E-state index < -0.39 is 0 Å². The lowest BCUT2D eigenvalue weighted by Gasteiger charge is -2.03. The monoisotopic (exact) mass is 255 g/mol. The molecule has 0 atom stereocenters. The molecule has 16 heavy (non-hydrogen) atoms. The summed E-state index contributed by atoms with van der Waals surface area (Å²) in [4.78, 5) is 1.36. The van der Waals surface area contributed by atoms with Gasteiger partial charge in [0.2, 0.25) is 0 Å². The summed E-state index contributed by atoms with van der Waals surface area (Å²) in [7, 11) is 0. The number of nitrogens with one attached hydrogen (secondary N) is 1. The second-order valence-electron chi connectivity index (χ2n) is 3.58. The molecule has 5 heteroatoms. The Bertz CT molecular complexity index is 417. The maximum Gasteiger partial charge on any atom is 0.0814 e. The van der Waals surface area contributed by atoms with Crippen LogP contribution in [0.4, 0.5) is 0 Å². The lowest BCUT2D eigenvalue weighted by atomic mass is 10.4. The first kappa shape index (κ1) is 11.6. The maximum atomic E-state index is 5.92. The third kappa shape index (κ3) is 3.07. The van der Waals surface area contributed by atoms with E-state index in [-0.39, 0.29) is 0 Å². The molecule has 0 spiro atoms. The van der Waals surface area contributed by atoms with Crippen molar-refractivity contribution in [3.05, 3.63) is 39.3 Å². The van der Waals surface area contributed by atoms with Gasteiger partial charge in [-0.15, -0.1) is 11.3 Å². The van der Waals surface area contributed by atoms with Gasteiger partial charge in [0.05, 0.1) is 17.3 Å². The maximum absolute atomic E-state index is 5.92. The fourth-order valence-electron chi connectivity index (χ4n) is 1.43. The van der Waals surface area contributed by atoms with Crippen molar-refractivity contribution in [1.29, 1.82) is 0 Å². The normalized spacial score (nSPS) is 10.9. The van der Waals surface area contributed by atoms with Crippen molar-refractivity contribution in [3.63, 3.8) is 0 Å². The molecule has 2 heterocycles. The predicted octanol–water partition coefficient (Wildman–Crippen LogP) is 2.70. The number of aryl methyl sites for hydroxylation is 1. The Morgan fingerprint density at radius 2 is 2.44 bits per heavy atom. The summed E-state index contributed by atoms with van der Waals surface area (Å²) in [6.45, 7) is 4.58. The van der Waals surface area contributed by atoms with Gasteiger partial charge < -0.3 is 5.32 Å². The highest BCUT2D eigenvalue weighted by atomic mass is 35.5. The zero-order valence-electron chi connectivity index (χ0n) is 9.11. The van der Waals surface area contributed by atoms with Crippen LogP contribution in [0.3, 0.4) is 0 Å². The molecular formula is C11H14ClN3S. The molecule has 0 radical (unpaired) electrons. The lowest BCUT2D eigenvalue weighted by Crippen LogP contribution is -2.19. The van der Waals surface area contributed by atoms with E-state index in [1.165, 1.54) is 4.88 Å². The second-order valence-corrected chi connectivity index (χ2v) is 5.02. The molecule has 0 aliphatic carbocycles. The van der Waals surface area contributed by atoms with Crippen molar-refractivity contribution in [1.82, 2.24) is 15.1 Å². The first-order chi connectivity index (χ1) is 7.75. The van der Waals surface area contributed by atoms with Crippen molar-refractivity contribution in [3.8, 4) is 0 Å². The summed E-state index contributed by atoms with van der Waals surface area (Å²) in [6.07, 6.45) is 1.86. The molecule has 2 aromatic heterocycles. The summed E-state index contributed by atoms with van der Waals surface area (Å²) in [5.74, 6) is 0. The Labute approximate surface area is 104 Å². The van der Waals surface area contributed by atoms with Gasteiger partial charge in [0, 0.05) is 24.2 Å². The first-order valence-electron chi connectivity index (χ1n) is 5.18. The molecule has 0 unspecified atom stereocenters. The standard InChI is InChI=1S/C11H14ClN3S/c1-9-11(12)8-15(14-9)5-4-13-7-10-3-2-6-16-10/h2-3,6,8,13H,4-5,7H2,1H3. The van der Waals surface area contributed by atoms with Crippen molar-refractivity contribution >= 4 is 22.9 Å². The number of aromatic nitrogens is 2. The second kappa shape index (κ2) is 5.48. The highest BCUT2D eigenvalue weighted by molar-refractivity contribution is 7.09. The minimum absolute atomic E-state index is 0.734. The quantitative estimate of drug-likeness (QED) is 0.833. The van der Waals surface area contributed by atoms with E-state index in [0.29, 0.717) is 0 Å². The SMILES string of the molecule is Cc1nn(CCNCc2cccs2)cc1Cl. The predicted molar refractivity (Wildman–Crippen MR) is 68.0 cm³/mol. The molecule has 0 bridgehead atoms. The molecule has 0 aromatic carbocycles. The van der Waals surface area contributed by atoms with Crippen LogP contribution in [-0.4, -0.2) is 16.3 Å². The molecule has 1 N–H and O–H groups in total. The molecule has 0 amide bonds. The first-order valence-corrected chi connectivity index (χ1v) is 6.44.